The number of methoxy groups -OCH3 is 2. The van der Waals surface area contributed by atoms with Gasteiger partial charge in [-0.05, 0) is 69.5 Å². The average Bonchev–Trinajstić information content (AvgIpc) is 2.87. The van der Waals surface area contributed by atoms with E-state index in [-0.39, 0.29) is 12.1 Å². The average molecular weight is 508 g/mol. The molecule has 1 amide bonds. The number of nitrogens with one attached hydrogen (secondary N) is 3. The fourth-order valence-electron chi connectivity index (χ4n) is 4.46. The zero-order chi connectivity index (χ0) is 26.4. The van der Waals surface area contributed by atoms with Crippen molar-refractivity contribution in [1.82, 2.24) is 15.3 Å². The van der Waals surface area contributed by atoms with E-state index in [1.165, 1.54) is 0 Å². The molecule has 0 radical (unpaired) electrons. The Hall–Kier alpha value is -3.75. The first-order chi connectivity index (χ1) is 17.7. The second-order valence-corrected chi connectivity index (χ2v) is 10.3. The summed E-state index contributed by atoms with van der Waals surface area (Å²) in [6.45, 7) is 6.16. The van der Waals surface area contributed by atoms with Crippen molar-refractivity contribution in [3.05, 3.63) is 48.0 Å². The number of anilines is 2. The number of nitrogens with zero attached hydrogens (tertiary/aromatic N) is 2. The van der Waals surface area contributed by atoms with Gasteiger partial charge in [-0.2, -0.15) is 4.98 Å². The summed E-state index contributed by atoms with van der Waals surface area (Å²) in [5.41, 5.74) is 1.33. The van der Waals surface area contributed by atoms with Crippen molar-refractivity contribution in [3.63, 3.8) is 0 Å². The number of carbonyl (C=O) groups excluding carboxylic acids is 1. The number of aromatic nitrogens is 2. The summed E-state index contributed by atoms with van der Waals surface area (Å²) in [4.78, 5) is 22.1. The van der Waals surface area contributed by atoms with Crippen molar-refractivity contribution in [3.8, 4) is 11.5 Å². The molecule has 2 atom stereocenters. The highest BCUT2D eigenvalue weighted by Gasteiger charge is 2.29. The van der Waals surface area contributed by atoms with E-state index in [9.17, 15) is 4.79 Å². The number of alkyl carbamates (subject to hydrolysis) is 1. The molecule has 1 aliphatic carbocycles. The van der Waals surface area contributed by atoms with Gasteiger partial charge < -0.3 is 30.2 Å². The molecule has 9 nitrogen and oxygen atoms in total. The predicted molar refractivity (Wildman–Crippen MR) is 145 cm³/mol. The number of ether oxygens (including phenoxy) is 3. The van der Waals surface area contributed by atoms with Crippen molar-refractivity contribution in [2.24, 2.45) is 0 Å². The van der Waals surface area contributed by atoms with E-state index >= 15 is 0 Å². The van der Waals surface area contributed by atoms with Crippen LogP contribution in [0.2, 0.25) is 0 Å². The molecule has 1 fully saturated rings. The highest BCUT2D eigenvalue weighted by atomic mass is 16.6. The van der Waals surface area contributed by atoms with Crippen molar-refractivity contribution in [2.45, 2.75) is 70.7 Å². The lowest BCUT2D eigenvalue weighted by Gasteiger charge is -2.34. The van der Waals surface area contributed by atoms with E-state index in [2.05, 4.69) is 16.0 Å². The molecule has 0 unspecified atom stereocenters. The van der Waals surface area contributed by atoms with Gasteiger partial charge in [0.2, 0.25) is 5.95 Å². The highest BCUT2D eigenvalue weighted by Crippen LogP contribution is 2.30. The Morgan fingerprint density at radius 2 is 1.62 bits per heavy atom. The number of rotatable bonds is 8. The molecule has 0 saturated heterocycles. The Morgan fingerprint density at radius 3 is 2.30 bits per heavy atom. The van der Waals surface area contributed by atoms with Crippen molar-refractivity contribution in [2.75, 3.05) is 24.9 Å². The molecule has 1 saturated carbocycles. The van der Waals surface area contributed by atoms with Crippen LogP contribution in [0.4, 0.5) is 16.6 Å². The fraction of sp³-hybridized carbons (Fsp3) is 0.464. The van der Waals surface area contributed by atoms with E-state index in [0.717, 1.165) is 53.6 Å². The predicted octanol–water partition coefficient (Wildman–Crippen LogP) is 5.51. The minimum absolute atomic E-state index is 0.00000702. The number of carbonyl (C=O) groups is 1. The maximum atomic E-state index is 12.5. The van der Waals surface area contributed by atoms with Gasteiger partial charge in [0.05, 0.1) is 25.8 Å². The molecule has 3 N–H and O–H groups in total. The Morgan fingerprint density at radius 1 is 0.946 bits per heavy atom. The second-order valence-electron chi connectivity index (χ2n) is 10.3. The van der Waals surface area contributed by atoms with Crippen LogP contribution in [-0.2, 0) is 11.3 Å². The van der Waals surface area contributed by atoms with Crippen LogP contribution in [0.25, 0.3) is 10.9 Å². The monoisotopic (exact) mass is 507 g/mol. The van der Waals surface area contributed by atoms with Gasteiger partial charge in [0, 0.05) is 18.0 Å². The van der Waals surface area contributed by atoms with Crippen LogP contribution in [0.15, 0.2) is 42.5 Å². The lowest BCUT2D eigenvalue weighted by Crippen LogP contribution is -2.49. The Kier molecular flexibility index (Phi) is 8.21. The number of benzene rings is 2. The summed E-state index contributed by atoms with van der Waals surface area (Å²) in [7, 11) is 3.29. The smallest absolute Gasteiger partial charge is 0.407 e. The van der Waals surface area contributed by atoms with E-state index < -0.39 is 11.7 Å². The minimum Gasteiger partial charge on any atom is -0.497 e. The molecule has 198 valence electrons. The summed E-state index contributed by atoms with van der Waals surface area (Å²) >= 11 is 0. The van der Waals surface area contributed by atoms with Gasteiger partial charge in [-0.25, -0.2) is 9.78 Å². The van der Waals surface area contributed by atoms with Crippen molar-refractivity contribution >= 4 is 28.8 Å². The fourth-order valence-corrected chi connectivity index (χ4v) is 4.46. The lowest BCUT2D eigenvalue weighted by molar-refractivity contribution is 0.0488. The number of fused-ring (bicyclic) bond motifs is 1. The van der Waals surface area contributed by atoms with Crippen LogP contribution in [0.1, 0.15) is 52.0 Å². The van der Waals surface area contributed by atoms with Gasteiger partial charge in [0.1, 0.15) is 22.9 Å². The molecule has 1 heterocycles. The zero-order valence-electron chi connectivity index (χ0n) is 22.3. The minimum atomic E-state index is -0.550. The molecule has 37 heavy (non-hydrogen) atoms. The number of hydrogen-bond donors (Lipinski definition) is 3. The lowest BCUT2D eigenvalue weighted by atomic mass is 9.90. The zero-order valence-corrected chi connectivity index (χ0v) is 22.3. The Labute approximate surface area is 218 Å². The molecule has 4 rings (SSSR count). The van der Waals surface area contributed by atoms with Gasteiger partial charge >= 0.3 is 6.09 Å². The maximum Gasteiger partial charge on any atom is 0.407 e. The van der Waals surface area contributed by atoms with Crippen molar-refractivity contribution < 1.29 is 19.0 Å². The molecule has 0 bridgehead atoms. The summed E-state index contributed by atoms with van der Waals surface area (Å²) in [5.74, 6) is 2.76. The first kappa shape index (κ1) is 26.3. The third-order valence-electron chi connectivity index (χ3n) is 6.30. The highest BCUT2D eigenvalue weighted by molar-refractivity contribution is 5.91. The Balaban J connectivity index is 1.57. The number of hydrogen-bond acceptors (Lipinski definition) is 8. The van der Waals surface area contributed by atoms with E-state index in [1.54, 1.807) is 14.2 Å². The topological polar surface area (TPSA) is 107 Å². The van der Waals surface area contributed by atoms with Crippen LogP contribution in [0, 0.1) is 0 Å². The summed E-state index contributed by atoms with van der Waals surface area (Å²) in [6.07, 6.45) is 3.49. The Bertz CT molecular complexity index is 1210. The van der Waals surface area contributed by atoms with Crippen LogP contribution < -0.4 is 25.4 Å². The first-order valence-corrected chi connectivity index (χ1v) is 12.7. The normalized spacial score (nSPS) is 17.6. The molecular formula is C28H37N5O4. The van der Waals surface area contributed by atoms with E-state index in [0.29, 0.717) is 18.3 Å². The maximum absolute atomic E-state index is 12.5. The second kappa shape index (κ2) is 11.5. The van der Waals surface area contributed by atoms with Gasteiger partial charge in [0.25, 0.3) is 0 Å². The molecule has 9 heteroatoms. The summed E-state index contributed by atoms with van der Waals surface area (Å²) < 4.78 is 16.2. The first-order valence-electron chi connectivity index (χ1n) is 12.7. The van der Waals surface area contributed by atoms with Gasteiger partial charge in [0.15, 0.2) is 0 Å². The van der Waals surface area contributed by atoms with Crippen LogP contribution in [0.5, 0.6) is 11.5 Å². The van der Waals surface area contributed by atoms with Gasteiger partial charge in [-0.3, -0.25) is 0 Å². The third-order valence-corrected chi connectivity index (χ3v) is 6.30. The largest absolute Gasteiger partial charge is 0.497 e. The van der Waals surface area contributed by atoms with E-state index in [4.69, 9.17) is 24.2 Å². The van der Waals surface area contributed by atoms with E-state index in [1.807, 2.05) is 63.2 Å². The molecule has 1 aromatic heterocycles. The molecule has 2 aromatic carbocycles. The SMILES string of the molecule is COc1ccc(CNc2nc(N[C@H]3CCCC[C@H]3NC(=O)OC(C)(C)C)c3cc(OC)ccc3n2)cc1. The van der Waals surface area contributed by atoms with Crippen LogP contribution in [-0.4, -0.2) is 48.0 Å². The summed E-state index contributed by atoms with van der Waals surface area (Å²) in [6, 6.07) is 13.5. The molecule has 1 aliphatic rings. The van der Waals surface area contributed by atoms with Gasteiger partial charge in [-0.1, -0.05) is 25.0 Å². The van der Waals surface area contributed by atoms with Crippen LogP contribution >= 0.6 is 0 Å². The molecule has 0 spiro atoms. The van der Waals surface area contributed by atoms with Crippen molar-refractivity contribution in [1.29, 1.82) is 0 Å². The quantitative estimate of drug-likeness (QED) is 0.367. The molecule has 3 aromatic rings. The van der Waals surface area contributed by atoms with Crippen LogP contribution in [0.3, 0.4) is 0 Å². The third kappa shape index (κ3) is 7.15. The number of amides is 1. The molecule has 0 aliphatic heterocycles. The molecular weight excluding hydrogens is 470 g/mol. The van der Waals surface area contributed by atoms with Gasteiger partial charge in [-0.15, -0.1) is 0 Å². The summed E-state index contributed by atoms with van der Waals surface area (Å²) in [5, 5.41) is 10.9. The standard InChI is InChI=1S/C28H37N5O4/c1-28(2,3)37-27(34)32-24-9-7-6-8-23(24)30-25-21-16-20(36-5)14-15-22(21)31-26(33-25)29-17-18-10-12-19(35-4)13-11-18/h10-16,23-24H,6-9,17H2,1-5H3,(H,32,34)(H2,29,30,31,33)/t23-,24+/m0/s1.